The quantitative estimate of drug-likeness (QED) is 0.373. The molecule has 0 radical (unpaired) electrons. The van der Waals surface area contributed by atoms with Gasteiger partial charge in [-0.05, 0) is 48.0 Å². The second-order valence-corrected chi connectivity index (χ2v) is 7.74. The highest BCUT2D eigenvalue weighted by atomic mass is 32.2. The lowest BCUT2D eigenvalue weighted by atomic mass is 10.1. The van der Waals surface area contributed by atoms with Crippen molar-refractivity contribution in [2.75, 3.05) is 0 Å². The molecule has 2 N–H and O–H groups in total. The fraction of sp³-hybridized carbons (Fsp3) is 0.0500. The Hall–Kier alpha value is -3.36. The van der Waals surface area contributed by atoms with Gasteiger partial charge in [0.25, 0.3) is 10.1 Å². The molecule has 4 rings (SSSR count). The number of hydrogen-bond donors (Lipinski definition) is 2. The van der Waals surface area contributed by atoms with Crippen molar-refractivity contribution >= 4 is 43.2 Å². The van der Waals surface area contributed by atoms with Gasteiger partial charge in [-0.3, -0.25) is 9.54 Å². The Balaban J connectivity index is 1.83. The summed E-state index contributed by atoms with van der Waals surface area (Å²) in [5, 5.41) is 20.6. The number of benzene rings is 3. The van der Waals surface area contributed by atoms with Gasteiger partial charge in [-0.15, -0.1) is 5.11 Å². The van der Waals surface area contributed by atoms with Gasteiger partial charge < -0.3 is 5.11 Å². The first kappa shape index (κ1) is 18.0. The summed E-state index contributed by atoms with van der Waals surface area (Å²) < 4.78 is 33.0. The van der Waals surface area contributed by atoms with Crippen LogP contribution in [0.3, 0.4) is 0 Å². The first-order valence-electron chi connectivity index (χ1n) is 8.33. The zero-order valence-corrected chi connectivity index (χ0v) is 15.6. The van der Waals surface area contributed by atoms with E-state index in [-0.39, 0.29) is 22.3 Å². The number of pyridine rings is 1. The van der Waals surface area contributed by atoms with Crippen molar-refractivity contribution in [3.8, 4) is 5.75 Å². The van der Waals surface area contributed by atoms with Gasteiger partial charge in [0.15, 0.2) is 5.75 Å². The fourth-order valence-electron chi connectivity index (χ4n) is 3.00. The summed E-state index contributed by atoms with van der Waals surface area (Å²) in [5.74, 6) is -0.317. The van der Waals surface area contributed by atoms with E-state index in [4.69, 9.17) is 0 Å². The molecule has 0 atom stereocenters. The van der Waals surface area contributed by atoms with Gasteiger partial charge in [-0.2, -0.15) is 13.5 Å². The van der Waals surface area contributed by atoms with Crippen molar-refractivity contribution in [3.05, 3.63) is 66.4 Å². The van der Waals surface area contributed by atoms with Gasteiger partial charge in [0.05, 0.1) is 5.69 Å². The SMILES string of the molecule is Cc1ccc2cc(N=Nc3cc(S(=O)(=O)O)c4cccnc4c3O)ccc2c1. The Morgan fingerprint density at radius 2 is 1.71 bits per heavy atom. The van der Waals surface area contributed by atoms with Crippen molar-refractivity contribution < 1.29 is 18.1 Å². The maximum atomic E-state index is 11.7. The van der Waals surface area contributed by atoms with Gasteiger partial charge >= 0.3 is 0 Å². The molecule has 28 heavy (non-hydrogen) atoms. The summed E-state index contributed by atoms with van der Waals surface area (Å²) in [6.45, 7) is 2.01. The lowest BCUT2D eigenvalue weighted by Gasteiger charge is -2.07. The lowest BCUT2D eigenvalue weighted by Crippen LogP contribution is -1.99. The third-order valence-electron chi connectivity index (χ3n) is 4.34. The fourth-order valence-corrected chi connectivity index (χ4v) is 3.70. The predicted molar refractivity (Wildman–Crippen MR) is 106 cm³/mol. The number of phenols is 1. The molecule has 0 aliphatic carbocycles. The van der Waals surface area contributed by atoms with Crippen LogP contribution in [0.5, 0.6) is 5.75 Å². The third kappa shape index (κ3) is 3.30. The molecule has 0 spiro atoms. The van der Waals surface area contributed by atoms with Crippen LogP contribution in [0.15, 0.2) is 75.9 Å². The second-order valence-electron chi connectivity index (χ2n) is 6.35. The van der Waals surface area contributed by atoms with Gasteiger partial charge in [0, 0.05) is 11.6 Å². The Labute approximate surface area is 160 Å². The Bertz CT molecular complexity index is 1370. The van der Waals surface area contributed by atoms with Gasteiger partial charge in [-0.25, -0.2) is 0 Å². The minimum absolute atomic E-state index is 0.0144. The van der Waals surface area contributed by atoms with Crippen molar-refractivity contribution in [3.63, 3.8) is 0 Å². The predicted octanol–water partition coefficient (Wildman–Crippen LogP) is 5.06. The average Bonchev–Trinajstić information content (AvgIpc) is 2.66. The van der Waals surface area contributed by atoms with Crippen LogP contribution in [0.4, 0.5) is 11.4 Å². The van der Waals surface area contributed by atoms with E-state index in [2.05, 4.69) is 21.3 Å². The van der Waals surface area contributed by atoms with E-state index in [9.17, 15) is 18.1 Å². The van der Waals surface area contributed by atoms with Crippen LogP contribution in [0.2, 0.25) is 0 Å². The molecular weight excluding hydrogens is 378 g/mol. The summed E-state index contributed by atoms with van der Waals surface area (Å²) >= 11 is 0. The third-order valence-corrected chi connectivity index (χ3v) is 5.23. The van der Waals surface area contributed by atoms with Crippen LogP contribution in [-0.4, -0.2) is 23.1 Å². The van der Waals surface area contributed by atoms with Crippen LogP contribution in [0.1, 0.15) is 5.56 Å². The molecule has 3 aromatic carbocycles. The Kier molecular flexibility index (Phi) is 4.29. The molecule has 0 unspecified atom stereocenters. The van der Waals surface area contributed by atoms with E-state index in [1.807, 2.05) is 31.2 Å². The first-order chi connectivity index (χ1) is 13.3. The molecule has 0 aliphatic rings. The number of hydrogen-bond acceptors (Lipinski definition) is 6. The van der Waals surface area contributed by atoms with Gasteiger partial charge in [0.2, 0.25) is 0 Å². The monoisotopic (exact) mass is 393 g/mol. The standard InChI is InChI=1S/C20H15N3O4S/c1-12-4-5-14-10-15(7-6-13(14)9-12)22-23-17-11-18(28(25,26)27)16-3-2-8-21-19(16)20(17)24/h2-11,24H,1H3,(H,25,26,27). The normalized spacial score (nSPS) is 12.2. The molecular formula is C20H15N3O4S. The number of fused-ring (bicyclic) bond motifs is 2. The van der Waals surface area contributed by atoms with Crippen molar-refractivity contribution in [2.45, 2.75) is 11.8 Å². The summed E-state index contributed by atoms with van der Waals surface area (Å²) in [4.78, 5) is 3.60. The van der Waals surface area contributed by atoms with Crippen molar-refractivity contribution in [2.24, 2.45) is 10.2 Å². The molecule has 0 saturated heterocycles. The largest absolute Gasteiger partial charge is 0.504 e. The number of nitrogens with zero attached hydrogens (tertiary/aromatic N) is 3. The number of azo groups is 1. The molecule has 0 fully saturated rings. The van der Waals surface area contributed by atoms with E-state index < -0.39 is 15.0 Å². The van der Waals surface area contributed by atoms with Crippen molar-refractivity contribution in [1.82, 2.24) is 4.98 Å². The lowest BCUT2D eigenvalue weighted by molar-refractivity contribution is 0.479. The van der Waals surface area contributed by atoms with Gasteiger partial charge in [0.1, 0.15) is 16.1 Å². The summed E-state index contributed by atoms with van der Waals surface area (Å²) in [7, 11) is -4.54. The summed E-state index contributed by atoms with van der Waals surface area (Å²) in [5.41, 5.74) is 1.59. The van der Waals surface area contributed by atoms with E-state index >= 15 is 0 Å². The topological polar surface area (TPSA) is 112 Å². The highest BCUT2D eigenvalue weighted by Crippen LogP contribution is 2.38. The van der Waals surface area contributed by atoms with E-state index in [1.54, 1.807) is 6.07 Å². The number of rotatable bonds is 3. The summed E-state index contributed by atoms with van der Waals surface area (Å²) in [6.07, 6.45) is 1.40. The van der Waals surface area contributed by atoms with Crippen LogP contribution < -0.4 is 0 Å². The molecule has 0 saturated carbocycles. The molecule has 7 nitrogen and oxygen atoms in total. The molecule has 0 bridgehead atoms. The zero-order valence-electron chi connectivity index (χ0n) is 14.7. The van der Waals surface area contributed by atoms with Crippen LogP contribution in [0, 0.1) is 6.92 Å². The van der Waals surface area contributed by atoms with E-state index in [0.717, 1.165) is 22.4 Å². The highest BCUT2D eigenvalue weighted by Gasteiger charge is 2.20. The zero-order chi connectivity index (χ0) is 19.9. The maximum Gasteiger partial charge on any atom is 0.295 e. The number of aromatic nitrogens is 1. The molecule has 4 aromatic rings. The van der Waals surface area contributed by atoms with Crippen LogP contribution >= 0.6 is 0 Å². The van der Waals surface area contributed by atoms with E-state index in [0.29, 0.717) is 5.69 Å². The first-order valence-corrected chi connectivity index (χ1v) is 9.77. The minimum atomic E-state index is -4.54. The van der Waals surface area contributed by atoms with Crippen molar-refractivity contribution in [1.29, 1.82) is 0 Å². The maximum absolute atomic E-state index is 11.7. The van der Waals surface area contributed by atoms with E-state index in [1.165, 1.54) is 18.3 Å². The van der Waals surface area contributed by atoms with Crippen LogP contribution in [-0.2, 0) is 10.1 Å². The smallest absolute Gasteiger partial charge is 0.295 e. The number of aryl methyl sites for hydroxylation is 1. The Morgan fingerprint density at radius 1 is 0.964 bits per heavy atom. The molecule has 1 heterocycles. The average molecular weight is 393 g/mol. The molecule has 1 aromatic heterocycles. The summed E-state index contributed by atoms with van der Waals surface area (Å²) in [6, 6.07) is 15.5. The number of aromatic hydroxyl groups is 1. The van der Waals surface area contributed by atoms with Gasteiger partial charge in [-0.1, -0.05) is 29.8 Å². The molecule has 0 aliphatic heterocycles. The second kappa shape index (κ2) is 6.66. The highest BCUT2D eigenvalue weighted by molar-refractivity contribution is 7.86. The molecule has 0 amide bonds. The minimum Gasteiger partial charge on any atom is -0.504 e. The molecule has 8 heteroatoms. The number of phenolic OH excluding ortho intramolecular Hbond substituents is 1. The van der Waals surface area contributed by atoms with Crippen LogP contribution in [0.25, 0.3) is 21.7 Å². The Morgan fingerprint density at radius 3 is 2.50 bits per heavy atom. The molecule has 140 valence electrons.